The first-order chi connectivity index (χ1) is 14.1. The van der Waals surface area contributed by atoms with Gasteiger partial charge in [0.05, 0.1) is 11.1 Å². The van der Waals surface area contributed by atoms with Crippen molar-refractivity contribution in [3.8, 4) is 0 Å². The van der Waals surface area contributed by atoms with Gasteiger partial charge in [0, 0.05) is 31.7 Å². The van der Waals surface area contributed by atoms with E-state index in [9.17, 15) is 13.2 Å². The van der Waals surface area contributed by atoms with Crippen LogP contribution in [0.4, 0.5) is 0 Å². The van der Waals surface area contributed by atoms with Crippen molar-refractivity contribution < 1.29 is 13.2 Å². The van der Waals surface area contributed by atoms with Crippen molar-refractivity contribution >= 4 is 27.5 Å². The minimum atomic E-state index is -3.77. The zero-order valence-electron chi connectivity index (χ0n) is 17.8. The van der Waals surface area contributed by atoms with Crippen LogP contribution < -0.4 is 5.32 Å². The molecule has 3 rings (SSSR count). The van der Waals surface area contributed by atoms with Crippen LogP contribution in [-0.4, -0.2) is 56.8 Å². The topological polar surface area (TPSA) is 69.7 Å². The number of halogens is 1. The Balaban J connectivity index is 1.82. The van der Waals surface area contributed by atoms with Gasteiger partial charge in [-0.05, 0) is 57.1 Å². The van der Waals surface area contributed by atoms with E-state index in [2.05, 4.69) is 16.3 Å². The molecule has 0 radical (unpaired) electrons. The molecular formula is C22H28ClN3O3S. The minimum Gasteiger partial charge on any atom is -0.346 e. The summed E-state index contributed by atoms with van der Waals surface area (Å²) in [7, 11) is -1.81. The number of nitrogens with one attached hydrogen (secondary N) is 1. The van der Waals surface area contributed by atoms with Crippen molar-refractivity contribution in [1.29, 1.82) is 0 Å². The summed E-state index contributed by atoms with van der Waals surface area (Å²) in [5, 5.41) is 3.08. The lowest BCUT2D eigenvalue weighted by Crippen LogP contribution is -2.47. The zero-order valence-corrected chi connectivity index (χ0v) is 19.3. The van der Waals surface area contributed by atoms with Gasteiger partial charge in [-0.3, -0.25) is 4.79 Å². The van der Waals surface area contributed by atoms with Crippen molar-refractivity contribution in [2.45, 2.75) is 31.7 Å². The highest BCUT2D eigenvalue weighted by Gasteiger charge is 2.30. The fraction of sp³-hybridized carbons (Fsp3) is 0.409. The summed E-state index contributed by atoms with van der Waals surface area (Å²) >= 11 is 6.22. The summed E-state index contributed by atoms with van der Waals surface area (Å²) in [6.45, 7) is 8.05. The number of sulfonamides is 1. The number of amides is 1. The van der Waals surface area contributed by atoms with Gasteiger partial charge in [0.25, 0.3) is 5.91 Å². The fourth-order valence-electron chi connectivity index (χ4n) is 3.68. The van der Waals surface area contributed by atoms with Gasteiger partial charge in [0.1, 0.15) is 4.90 Å². The molecule has 8 heteroatoms. The average molecular weight is 450 g/mol. The normalized spacial score (nSPS) is 17.0. The summed E-state index contributed by atoms with van der Waals surface area (Å²) in [6.07, 6.45) is 0. The molecule has 0 spiro atoms. The maximum absolute atomic E-state index is 13.1. The first-order valence-corrected chi connectivity index (χ1v) is 11.8. The number of piperazine rings is 1. The Morgan fingerprint density at radius 2 is 1.73 bits per heavy atom. The Morgan fingerprint density at radius 1 is 1.07 bits per heavy atom. The quantitative estimate of drug-likeness (QED) is 0.759. The predicted octanol–water partition coefficient (Wildman–Crippen LogP) is 3.38. The Labute approximate surface area is 183 Å². The lowest BCUT2D eigenvalue weighted by atomic mass is 10.00. The molecule has 0 bridgehead atoms. The van der Waals surface area contributed by atoms with Crippen LogP contribution in [-0.2, 0) is 10.0 Å². The van der Waals surface area contributed by atoms with Crippen molar-refractivity contribution in [3.63, 3.8) is 0 Å². The summed E-state index contributed by atoms with van der Waals surface area (Å²) in [6, 6.07) is 10.3. The van der Waals surface area contributed by atoms with Crippen LogP contribution in [0.3, 0.4) is 0 Å². The van der Waals surface area contributed by atoms with Gasteiger partial charge < -0.3 is 10.2 Å². The number of rotatable bonds is 5. The first kappa shape index (κ1) is 22.7. The Bertz CT molecular complexity index is 1050. The van der Waals surface area contributed by atoms with Gasteiger partial charge in [-0.2, -0.15) is 4.31 Å². The van der Waals surface area contributed by atoms with Crippen LogP contribution >= 0.6 is 11.6 Å². The van der Waals surface area contributed by atoms with E-state index in [1.807, 2.05) is 40.0 Å². The number of hydrogen-bond acceptors (Lipinski definition) is 4. The molecule has 0 aliphatic carbocycles. The van der Waals surface area contributed by atoms with Crippen molar-refractivity contribution in [3.05, 3.63) is 63.7 Å². The summed E-state index contributed by atoms with van der Waals surface area (Å²) in [4.78, 5) is 14.9. The predicted molar refractivity (Wildman–Crippen MR) is 120 cm³/mol. The Morgan fingerprint density at radius 3 is 2.37 bits per heavy atom. The Hall–Kier alpha value is -1.93. The molecule has 0 unspecified atom stereocenters. The third kappa shape index (κ3) is 4.86. The van der Waals surface area contributed by atoms with Gasteiger partial charge in [0.2, 0.25) is 10.0 Å². The highest BCUT2D eigenvalue weighted by atomic mass is 35.5. The molecule has 2 aromatic carbocycles. The molecule has 30 heavy (non-hydrogen) atoms. The SMILES string of the molecule is Cc1ccc([C@H](C)NC(=O)c2ccc(Cl)c(S(=O)(=O)N3CCN(C)CC3)c2)c(C)c1. The van der Waals surface area contributed by atoms with E-state index in [0.717, 1.165) is 16.7 Å². The van der Waals surface area contributed by atoms with Gasteiger partial charge in [-0.15, -0.1) is 0 Å². The zero-order chi connectivity index (χ0) is 22.1. The molecule has 1 saturated heterocycles. The lowest BCUT2D eigenvalue weighted by Gasteiger charge is -2.31. The van der Waals surface area contributed by atoms with E-state index in [1.54, 1.807) is 6.07 Å². The molecule has 1 atom stereocenters. The van der Waals surface area contributed by atoms with E-state index in [1.165, 1.54) is 16.4 Å². The first-order valence-electron chi connectivity index (χ1n) is 9.96. The van der Waals surface area contributed by atoms with Gasteiger partial charge in [0.15, 0.2) is 0 Å². The van der Waals surface area contributed by atoms with Crippen molar-refractivity contribution in [2.24, 2.45) is 0 Å². The third-order valence-corrected chi connectivity index (χ3v) is 7.89. The summed E-state index contributed by atoms with van der Waals surface area (Å²) in [5.74, 6) is -0.339. The molecule has 0 saturated carbocycles. The molecular weight excluding hydrogens is 422 g/mol. The smallest absolute Gasteiger partial charge is 0.251 e. The van der Waals surface area contributed by atoms with Crippen molar-refractivity contribution in [2.75, 3.05) is 33.2 Å². The number of carbonyl (C=O) groups excluding carboxylic acids is 1. The average Bonchev–Trinajstić information content (AvgIpc) is 2.68. The van der Waals surface area contributed by atoms with Crippen molar-refractivity contribution in [1.82, 2.24) is 14.5 Å². The van der Waals surface area contributed by atoms with Crippen LogP contribution in [0.1, 0.15) is 40.0 Å². The third-order valence-electron chi connectivity index (χ3n) is 5.51. The molecule has 1 aliphatic rings. The molecule has 1 amide bonds. The monoisotopic (exact) mass is 449 g/mol. The van der Waals surface area contributed by atoms with Crippen LogP contribution in [0, 0.1) is 13.8 Å². The molecule has 6 nitrogen and oxygen atoms in total. The molecule has 1 aliphatic heterocycles. The van der Waals surface area contributed by atoms with E-state index >= 15 is 0 Å². The molecule has 1 fully saturated rings. The second-order valence-corrected chi connectivity index (χ2v) is 10.2. The van der Waals surface area contributed by atoms with E-state index < -0.39 is 10.0 Å². The van der Waals surface area contributed by atoms with Gasteiger partial charge in [-0.1, -0.05) is 35.4 Å². The van der Waals surface area contributed by atoms with Gasteiger partial charge in [-0.25, -0.2) is 8.42 Å². The molecule has 1 N–H and O–H groups in total. The number of aryl methyl sites for hydroxylation is 2. The largest absolute Gasteiger partial charge is 0.346 e. The maximum Gasteiger partial charge on any atom is 0.251 e. The number of carbonyl (C=O) groups is 1. The highest BCUT2D eigenvalue weighted by Crippen LogP contribution is 2.27. The standard InChI is InChI=1S/C22H28ClN3O3S/c1-15-5-7-19(16(2)13-15)17(3)24-22(27)18-6-8-20(23)21(14-18)30(28,29)26-11-9-25(4)10-12-26/h5-8,13-14,17H,9-12H2,1-4H3,(H,24,27)/t17-/m0/s1. The van der Waals surface area contributed by atoms with E-state index in [0.29, 0.717) is 26.2 Å². The summed E-state index contributed by atoms with van der Waals surface area (Å²) < 4.78 is 27.6. The molecule has 162 valence electrons. The second kappa shape index (κ2) is 9.06. The van der Waals surface area contributed by atoms with Crippen LogP contribution in [0.15, 0.2) is 41.3 Å². The fourth-order valence-corrected chi connectivity index (χ4v) is 5.60. The molecule has 2 aromatic rings. The Kier molecular flexibility index (Phi) is 6.87. The minimum absolute atomic E-state index is 0.0273. The second-order valence-electron chi connectivity index (χ2n) is 7.91. The van der Waals surface area contributed by atoms with E-state index in [-0.39, 0.29) is 27.4 Å². The highest BCUT2D eigenvalue weighted by molar-refractivity contribution is 7.89. The maximum atomic E-state index is 13.1. The number of nitrogens with zero attached hydrogens (tertiary/aromatic N) is 2. The van der Waals surface area contributed by atoms with Crippen LogP contribution in [0.25, 0.3) is 0 Å². The van der Waals surface area contributed by atoms with Gasteiger partial charge >= 0.3 is 0 Å². The molecule has 1 heterocycles. The summed E-state index contributed by atoms with van der Waals surface area (Å²) in [5.41, 5.74) is 3.54. The van der Waals surface area contributed by atoms with Crippen LogP contribution in [0.5, 0.6) is 0 Å². The van der Waals surface area contributed by atoms with E-state index in [4.69, 9.17) is 11.6 Å². The molecule has 0 aromatic heterocycles. The number of hydrogen-bond donors (Lipinski definition) is 1. The number of likely N-dealkylation sites (N-methyl/N-ethyl adjacent to an activating group) is 1. The van der Waals surface area contributed by atoms with Crippen LogP contribution in [0.2, 0.25) is 5.02 Å². The number of benzene rings is 2. The lowest BCUT2D eigenvalue weighted by molar-refractivity contribution is 0.0939.